The minimum absolute atomic E-state index is 0.0262. The summed E-state index contributed by atoms with van der Waals surface area (Å²) in [5.74, 6) is 1.62. The smallest absolute Gasteiger partial charge is 0.126 e. The molecule has 0 amide bonds. The number of rotatable bonds is 8. The second-order valence-corrected chi connectivity index (χ2v) is 7.69. The lowest BCUT2D eigenvalue weighted by Crippen LogP contribution is -2.23. The minimum Gasteiger partial charge on any atom is -0.491 e. The molecule has 0 unspecified atom stereocenters. The van der Waals surface area contributed by atoms with E-state index in [0.29, 0.717) is 0 Å². The molecule has 0 fully saturated rings. The molecule has 0 aliphatic carbocycles. The molecule has 2 N–H and O–H groups in total. The van der Waals surface area contributed by atoms with E-state index in [1.54, 1.807) is 0 Å². The Labute approximate surface area is 162 Å². The molecule has 0 aromatic heterocycles. The van der Waals surface area contributed by atoms with E-state index in [1.165, 1.54) is 0 Å². The van der Waals surface area contributed by atoms with Crippen molar-refractivity contribution in [1.29, 1.82) is 0 Å². The summed E-state index contributed by atoms with van der Waals surface area (Å²) in [5, 5.41) is 18.5. The Morgan fingerprint density at radius 1 is 0.704 bits per heavy atom. The molecule has 0 aliphatic heterocycles. The maximum absolute atomic E-state index is 9.23. The van der Waals surface area contributed by atoms with E-state index in [-0.39, 0.29) is 31.8 Å². The molecule has 148 valence electrons. The van der Waals surface area contributed by atoms with Crippen molar-refractivity contribution in [3.8, 4) is 11.5 Å². The third kappa shape index (κ3) is 4.63. The van der Waals surface area contributed by atoms with Crippen molar-refractivity contribution in [2.75, 3.05) is 26.4 Å². The van der Waals surface area contributed by atoms with Gasteiger partial charge in [0.15, 0.2) is 0 Å². The van der Waals surface area contributed by atoms with E-state index in [2.05, 4.69) is 52.0 Å². The van der Waals surface area contributed by atoms with Gasteiger partial charge in [0.25, 0.3) is 0 Å². The summed E-state index contributed by atoms with van der Waals surface area (Å²) in [6.07, 6.45) is 0. The van der Waals surface area contributed by atoms with Crippen LogP contribution in [0.15, 0.2) is 24.3 Å². The van der Waals surface area contributed by atoms with Crippen LogP contribution in [0.2, 0.25) is 0 Å². The van der Waals surface area contributed by atoms with Gasteiger partial charge in [-0.25, -0.2) is 0 Å². The number of ether oxygens (including phenoxy) is 2. The highest BCUT2D eigenvalue weighted by Crippen LogP contribution is 2.44. The van der Waals surface area contributed by atoms with E-state index in [1.807, 2.05) is 13.8 Å². The monoisotopic (exact) mass is 372 g/mol. The molecule has 0 bridgehead atoms. The number of aliphatic hydroxyl groups is 2. The zero-order chi connectivity index (χ0) is 20.2. The first-order valence-corrected chi connectivity index (χ1v) is 9.43. The molecular formula is C23H32O4. The molecule has 0 aliphatic rings. The van der Waals surface area contributed by atoms with Crippen LogP contribution in [0.5, 0.6) is 11.5 Å². The summed E-state index contributed by atoms with van der Waals surface area (Å²) >= 11 is 0. The van der Waals surface area contributed by atoms with E-state index in [9.17, 15) is 10.2 Å². The Balaban J connectivity index is 2.68. The average molecular weight is 373 g/mol. The number of hydrogen-bond acceptors (Lipinski definition) is 4. The van der Waals surface area contributed by atoms with Crippen molar-refractivity contribution in [3.63, 3.8) is 0 Å². The first-order chi connectivity index (χ1) is 12.7. The predicted molar refractivity (Wildman–Crippen MR) is 109 cm³/mol. The van der Waals surface area contributed by atoms with Crippen molar-refractivity contribution in [2.24, 2.45) is 0 Å². The van der Waals surface area contributed by atoms with Crippen LogP contribution in [0.3, 0.4) is 0 Å². The van der Waals surface area contributed by atoms with Crippen LogP contribution in [-0.4, -0.2) is 36.6 Å². The summed E-state index contributed by atoms with van der Waals surface area (Å²) in [5.41, 5.74) is 6.16. The summed E-state index contributed by atoms with van der Waals surface area (Å²) in [4.78, 5) is 0. The molecule has 4 heteroatoms. The van der Waals surface area contributed by atoms with Gasteiger partial charge >= 0.3 is 0 Å². The first-order valence-electron chi connectivity index (χ1n) is 9.43. The highest BCUT2D eigenvalue weighted by atomic mass is 16.5. The van der Waals surface area contributed by atoms with Crippen LogP contribution < -0.4 is 9.47 Å². The van der Waals surface area contributed by atoms with Crippen molar-refractivity contribution in [1.82, 2.24) is 0 Å². The fraction of sp³-hybridized carbons (Fsp3) is 0.478. The maximum atomic E-state index is 9.23. The van der Waals surface area contributed by atoms with Gasteiger partial charge in [0.05, 0.1) is 13.2 Å². The minimum atomic E-state index is -0.386. The fourth-order valence-electron chi connectivity index (χ4n) is 3.66. The third-order valence-electron chi connectivity index (χ3n) is 4.86. The van der Waals surface area contributed by atoms with E-state index >= 15 is 0 Å². The van der Waals surface area contributed by atoms with Gasteiger partial charge < -0.3 is 19.7 Å². The Kier molecular flexibility index (Phi) is 6.90. The third-order valence-corrected chi connectivity index (χ3v) is 4.86. The lowest BCUT2D eigenvalue weighted by molar-refractivity contribution is 0.196. The van der Waals surface area contributed by atoms with Crippen molar-refractivity contribution in [2.45, 2.75) is 47.0 Å². The Bertz CT molecular complexity index is 728. The van der Waals surface area contributed by atoms with Crippen LogP contribution in [0, 0.1) is 27.7 Å². The molecule has 2 aromatic carbocycles. The van der Waals surface area contributed by atoms with Gasteiger partial charge in [0, 0.05) is 16.5 Å². The standard InChI is InChI=1S/C23H32O4/c1-15-11-17(3)21(26-9-7-24)19(13-15)23(5,6)20-14-16(2)12-18(4)22(20)27-10-8-25/h11-14,24-25H,7-10H2,1-6H3. The van der Waals surface area contributed by atoms with Gasteiger partial charge in [-0.05, 0) is 38.8 Å². The number of hydrogen-bond donors (Lipinski definition) is 2. The van der Waals surface area contributed by atoms with Crippen LogP contribution in [-0.2, 0) is 5.41 Å². The molecular weight excluding hydrogens is 340 g/mol. The molecule has 0 radical (unpaired) electrons. The van der Waals surface area contributed by atoms with Gasteiger partial charge in [-0.1, -0.05) is 49.2 Å². The molecule has 2 rings (SSSR count). The highest BCUT2D eigenvalue weighted by Gasteiger charge is 2.32. The molecule has 0 spiro atoms. The SMILES string of the molecule is Cc1cc(C)c(OCCO)c(C(C)(C)c2cc(C)cc(C)c2OCCO)c1. The maximum Gasteiger partial charge on any atom is 0.126 e. The zero-order valence-corrected chi connectivity index (χ0v) is 17.3. The average Bonchev–Trinajstić information content (AvgIpc) is 2.59. The quantitative estimate of drug-likeness (QED) is 0.736. The van der Waals surface area contributed by atoms with E-state index in [0.717, 1.165) is 44.9 Å². The van der Waals surface area contributed by atoms with E-state index in [4.69, 9.17) is 9.47 Å². The Morgan fingerprint density at radius 2 is 1.07 bits per heavy atom. The van der Waals surface area contributed by atoms with Gasteiger partial charge in [-0.15, -0.1) is 0 Å². The largest absolute Gasteiger partial charge is 0.491 e. The number of benzene rings is 2. The van der Waals surface area contributed by atoms with Crippen LogP contribution in [0.1, 0.15) is 47.2 Å². The fourth-order valence-corrected chi connectivity index (χ4v) is 3.66. The summed E-state index contributed by atoms with van der Waals surface area (Å²) < 4.78 is 11.9. The van der Waals surface area contributed by atoms with Crippen molar-refractivity contribution in [3.05, 3.63) is 57.6 Å². The van der Waals surface area contributed by atoms with Crippen molar-refractivity contribution < 1.29 is 19.7 Å². The first kappa shape index (κ1) is 21.3. The molecule has 0 saturated carbocycles. The normalized spacial score (nSPS) is 11.6. The van der Waals surface area contributed by atoms with Crippen LogP contribution in [0.25, 0.3) is 0 Å². The Morgan fingerprint density at radius 3 is 1.41 bits per heavy atom. The van der Waals surface area contributed by atoms with E-state index < -0.39 is 0 Å². The molecule has 2 aromatic rings. The van der Waals surface area contributed by atoms with Gasteiger partial charge in [0.2, 0.25) is 0 Å². The topological polar surface area (TPSA) is 58.9 Å². The molecule has 0 heterocycles. The zero-order valence-electron chi connectivity index (χ0n) is 17.3. The summed E-state index contributed by atoms with van der Waals surface area (Å²) in [6, 6.07) is 8.48. The van der Waals surface area contributed by atoms with Crippen LogP contribution >= 0.6 is 0 Å². The second kappa shape index (κ2) is 8.77. The molecule has 27 heavy (non-hydrogen) atoms. The van der Waals surface area contributed by atoms with Gasteiger partial charge in [-0.3, -0.25) is 0 Å². The van der Waals surface area contributed by atoms with Crippen LogP contribution in [0.4, 0.5) is 0 Å². The molecule has 0 atom stereocenters. The van der Waals surface area contributed by atoms with Crippen molar-refractivity contribution >= 4 is 0 Å². The summed E-state index contributed by atoms with van der Waals surface area (Å²) in [6.45, 7) is 13.0. The second-order valence-electron chi connectivity index (χ2n) is 7.69. The lowest BCUT2D eigenvalue weighted by Gasteiger charge is -2.32. The Hall–Kier alpha value is -2.04. The lowest BCUT2D eigenvalue weighted by atomic mass is 9.75. The predicted octanol–water partition coefficient (Wildman–Crippen LogP) is 3.99. The summed E-state index contributed by atoms with van der Waals surface area (Å²) in [7, 11) is 0. The van der Waals surface area contributed by atoms with Gasteiger partial charge in [0.1, 0.15) is 24.7 Å². The number of aryl methyl sites for hydroxylation is 4. The van der Waals surface area contributed by atoms with Gasteiger partial charge in [-0.2, -0.15) is 0 Å². The highest BCUT2D eigenvalue weighted by molar-refractivity contribution is 5.57. The molecule has 0 saturated heterocycles. The number of aliphatic hydroxyl groups excluding tert-OH is 2. The molecule has 4 nitrogen and oxygen atoms in total.